The number of aryl methyl sites for hydroxylation is 2. The van der Waals surface area contributed by atoms with E-state index in [1.165, 1.54) is 12.1 Å². The molecule has 0 fully saturated rings. The molecule has 0 saturated heterocycles. The topological polar surface area (TPSA) is 111 Å². The summed E-state index contributed by atoms with van der Waals surface area (Å²) in [4.78, 5) is 11.3. The molecule has 0 saturated carbocycles. The number of carbonyl (C=O) groups is 1. The SMILES string of the molecule is Cc1cc(O)cc(C)c1NC(=O)NC(=N)N.Cl. The van der Waals surface area contributed by atoms with Crippen LogP contribution in [0, 0.1) is 19.3 Å². The summed E-state index contributed by atoms with van der Waals surface area (Å²) in [6.07, 6.45) is 0. The van der Waals surface area contributed by atoms with Crippen molar-refractivity contribution in [1.29, 1.82) is 5.41 Å². The Bertz CT molecular complexity index is 425. The van der Waals surface area contributed by atoms with E-state index in [1.54, 1.807) is 13.8 Å². The second kappa shape index (κ2) is 5.95. The number of rotatable bonds is 1. The average molecular weight is 259 g/mol. The van der Waals surface area contributed by atoms with E-state index in [2.05, 4.69) is 10.6 Å². The summed E-state index contributed by atoms with van der Waals surface area (Å²) in [6.45, 7) is 3.52. The van der Waals surface area contributed by atoms with Crippen LogP contribution in [0.4, 0.5) is 10.5 Å². The normalized spacial score (nSPS) is 9.06. The number of guanidine groups is 1. The van der Waals surface area contributed by atoms with E-state index in [1.807, 2.05) is 0 Å². The van der Waals surface area contributed by atoms with Crippen molar-refractivity contribution in [2.24, 2.45) is 5.73 Å². The van der Waals surface area contributed by atoms with E-state index < -0.39 is 12.0 Å². The van der Waals surface area contributed by atoms with Gasteiger partial charge < -0.3 is 16.2 Å². The van der Waals surface area contributed by atoms with Gasteiger partial charge in [-0.2, -0.15) is 0 Å². The first kappa shape index (κ1) is 15.0. The van der Waals surface area contributed by atoms with E-state index >= 15 is 0 Å². The van der Waals surface area contributed by atoms with Crippen molar-refractivity contribution in [2.45, 2.75) is 13.8 Å². The van der Waals surface area contributed by atoms with Gasteiger partial charge in [0.2, 0.25) is 0 Å². The Hall–Kier alpha value is -1.95. The summed E-state index contributed by atoms with van der Waals surface area (Å²) in [5.74, 6) is -0.279. The van der Waals surface area contributed by atoms with Crippen molar-refractivity contribution in [3.63, 3.8) is 0 Å². The van der Waals surface area contributed by atoms with E-state index in [-0.39, 0.29) is 18.2 Å². The van der Waals surface area contributed by atoms with Crippen LogP contribution in [0.5, 0.6) is 5.75 Å². The summed E-state index contributed by atoms with van der Waals surface area (Å²) in [5.41, 5.74) is 7.08. The highest BCUT2D eigenvalue weighted by molar-refractivity contribution is 6.01. The lowest BCUT2D eigenvalue weighted by Gasteiger charge is -2.12. The number of benzene rings is 1. The molecule has 1 aromatic rings. The fourth-order valence-electron chi connectivity index (χ4n) is 1.40. The fourth-order valence-corrected chi connectivity index (χ4v) is 1.40. The molecule has 0 aromatic heterocycles. The second-order valence-electron chi connectivity index (χ2n) is 3.45. The Morgan fingerprint density at radius 3 is 2.24 bits per heavy atom. The van der Waals surface area contributed by atoms with Crippen molar-refractivity contribution in [1.82, 2.24) is 5.32 Å². The number of phenols is 1. The maximum absolute atomic E-state index is 11.3. The molecule has 1 aromatic carbocycles. The Morgan fingerprint density at radius 2 is 1.82 bits per heavy atom. The summed E-state index contributed by atoms with van der Waals surface area (Å²) in [7, 11) is 0. The van der Waals surface area contributed by atoms with Gasteiger partial charge in [-0.25, -0.2) is 4.79 Å². The van der Waals surface area contributed by atoms with Crippen LogP contribution in [0.15, 0.2) is 12.1 Å². The van der Waals surface area contributed by atoms with Gasteiger partial charge in [0, 0.05) is 5.69 Å². The molecular formula is C10H15ClN4O2. The van der Waals surface area contributed by atoms with Crippen LogP contribution in [-0.2, 0) is 0 Å². The highest BCUT2D eigenvalue weighted by Crippen LogP contribution is 2.25. The zero-order chi connectivity index (χ0) is 12.3. The molecule has 17 heavy (non-hydrogen) atoms. The number of halogens is 1. The lowest BCUT2D eigenvalue weighted by atomic mass is 10.1. The van der Waals surface area contributed by atoms with E-state index in [4.69, 9.17) is 11.1 Å². The standard InChI is InChI=1S/C10H14N4O2.ClH/c1-5-3-7(15)4-6(2)8(5)13-10(16)14-9(11)12;/h3-4,15H,1-2H3,(H5,11,12,13,14,16);1H. The number of aromatic hydroxyl groups is 1. The van der Waals surface area contributed by atoms with Gasteiger partial charge >= 0.3 is 6.03 Å². The number of nitrogens with one attached hydrogen (secondary N) is 3. The summed E-state index contributed by atoms with van der Waals surface area (Å²) >= 11 is 0. The molecule has 0 unspecified atom stereocenters. The molecular weight excluding hydrogens is 244 g/mol. The molecule has 0 heterocycles. The van der Waals surface area contributed by atoms with Gasteiger partial charge in [0.1, 0.15) is 5.75 Å². The van der Waals surface area contributed by atoms with Crippen molar-refractivity contribution in [3.05, 3.63) is 23.3 Å². The molecule has 1 rings (SSSR count). The summed E-state index contributed by atoms with van der Waals surface area (Å²) in [6, 6.07) is 2.50. The Balaban J connectivity index is 0.00000256. The minimum absolute atomic E-state index is 0. The Labute approximate surface area is 105 Å². The zero-order valence-electron chi connectivity index (χ0n) is 9.50. The minimum atomic E-state index is -0.579. The van der Waals surface area contributed by atoms with Crippen LogP contribution in [0.25, 0.3) is 0 Å². The van der Waals surface area contributed by atoms with Crippen LogP contribution in [0.2, 0.25) is 0 Å². The maximum Gasteiger partial charge on any atom is 0.325 e. The zero-order valence-corrected chi connectivity index (χ0v) is 10.3. The first-order valence-electron chi connectivity index (χ1n) is 4.62. The molecule has 0 radical (unpaired) electrons. The molecule has 0 aliphatic rings. The summed E-state index contributed by atoms with van der Waals surface area (Å²) < 4.78 is 0. The van der Waals surface area contributed by atoms with Gasteiger partial charge in [0.15, 0.2) is 5.96 Å². The Morgan fingerprint density at radius 1 is 1.35 bits per heavy atom. The highest BCUT2D eigenvalue weighted by atomic mass is 35.5. The second-order valence-corrected chi connectivity index (χ2v) is 3.45. The molecule has 0 aliphatic heterocycles. The van der Waals surface area contributed by atoms with Gasteiger partial charge in [-0.1, -0.05) is 0 Å². The van der Waals surface area contributed by atoms with Crippen LogP contribution in [0.3, 0.4) is 0 Å². The van der Waals surface area contributed by atoms with Gasteiger partial charge in [0.25, 0.3) is 0 Å². The molecule has 0 atom stereocenters. The van der Waals surface area contributed by atoms with Gasteiger partial charge in [-0.05, 0) is 37.1 Å². The van der Waals surface area contributed by atoms with E-state index in [0.717, 1.165) is 11.1 Å². The third kappa shape index (κ3) is 4.20. The predicted octanol–water partition coefficient (Wildman–Crippen LogP) is 1.45. The third-order valence-electron chi connectivity index (χ3n) is 2.00. The number of nitrogens with two attached hydrogens (primary N) is 1. The molecule has 0 aliphatic carbocycles. The molecule has 0 bridgehead atoms. The van der Waals surface area contributed by atoms with Crippen LogP contribution in [-0.4, -0.2) is 17.1 Å². The van der Waals surface area contributed by atoms with E-state index in [0.29, 0.717) is 5.69 Å². The van der Waals surface area contributed by atoms with Crippen molar-refractivity contribution < 1.29 is 9.90 Å². The first-order chi connectivity index (χ1) is 7.40. The van der Waals surface area contributed by atoms with Crippen molar-refractivity contribution >= 4 is 30.1 Å². The molecule has 2 amide bonds. The van der Waals surface area contributed by atoms with Gasteiger partial charge in [-0.3, -0.25) is 10.7 Å². The van der Waals surface area contributed by atoms with Crippen LogP contribution < -0.4 is 16.4 Å². The highest BCUT2D eigenvalue weighted by Gasteiger charge is 2.08. The number of hydrogen-bond donors (Lipinski definition) is 5. The molecule has 0 spiro atoms. The fraction of sp³-hybridized carbons (Fsp3) is 0.200. The van der Waals surface area contributed by atoms with E-state index in [9.17, 15) is 9.90 Å². The molecule has 6 nitrogen and oxygen atoms in total. The van der Waals surface area contributed by atoms with Crippen LogP contribution in [0.1, 0.15) is 11.1 Å². The smallest absolute Gasteiger partial charge is 0.325 e. The minimum Gasteiger partial charge on any atom is -0.508 e. The van der Waals surface area contributed by atoms with Gasteiger partial charge in [-0.15, -0.1) is 12.4 Å². The molecule has 94 valence electrons. The lowest BCUT2D eigenvalue weighted by molar-refractivity contribution is 0.256. The number of anilines is 1. The Kier molecular flexibility index (Phi) is 5.27. The number of carbonyl (C=O) groups excluding carboxylic acids is 1. The number of phenolic OH excluding ortho intramolecular Hbond substituents is 1. The monoisotopic (exact) mass is 258 g/mol. The van der Waals surface area contributed by atoms with Crippen LogP contribution >= 0.6 is 12.4 Å². The first-order valence-corrected chi connectivity index (χ1v) is 4.62. The van der Waals surface area contributed by atoms with Crippen molar-refractivity contribution in [2.75, 3.05) is 5.32 Å². The molecule has 7 heteroatoms. The van der Waals surface area contributed by atoms with Gasteiger partial charge in [0.05, 0.1) is 0 Å². The number of hydrogen-bond acceptors (Lipinski definition) is 3. The third-order valence-corrected chi connectivity index (χ3v) is 2.00. The number of amides is 2. The number of urea groups is 1. The van der Waals surface area contributed by atoms with Crippen molar-refractivity contribution in [3.8, 4) is 5.75 Å². The lowest BCUT2D eigenvalue weighted by Crippen LogP contribution is -2.38. The quantitative estimate of drug-likeness (QED) is 0.299. The average Bonchev–Trinajstić information content (AvgIpc) is 2.09. The largest absolute Gasteiger partial charge is 0.508 e. The maximum atomic E-state index is 11.3. The summed E-state index contributed by atoms with van der Waals surface area (Å²) in [5, 5.41) is 20.9. The predicted molar refractivity (Wildman–Crippen MR) is 68.9 cm³/mol. The molecule has 6 N–H and O–H groups in total.